The van der Waals surface area contributed by atoms with E-state index in [9.17, 15) is 0 Å². The summed E-state index contributed by atoms with van der Waals surface area (Å²) < 4.78 is 14.0. The van der Waals surface area contributed by atoms with E-state index in [-0.39, 0.29) is 0 Å². The van der Waals surface area contributed by atoms with Gasteiger partial charge in [-0.2, -0.15) is 0 Å². The van der Waals surface area contributed by atoms with Gasteiger partial charge in [0.15, 0.2) is 0 Å². The molecule has 0 bridgehead atoms. The van der Waals surface area contributed by atoms with Gasteiger partial charge in [-0.15, -0.1) is 0 Å². The molecular formula is C50H28N2O2. The maximum absolute atomic E-state index is 7.02. The molecule has 54 heavy (non-hydrogen) atoms. The number of para-hydroxylation sites is 4. The van der Waals surface area contributed by atoms with Crippen LogP contribution in [0.3, 0.4) is 0 Å². The van der Waals surface area contributed by atoms with E-state index in [1.165, 1.54) is 0 Å². The molecule has 12 aromatic rings. The van der Waals surface area contributed by atoms with Crippen molar-refractivity contribution in [1.29, 1.82) is 0 Å². The van der Waals surface area contributed by atoms with Crippen molar-refractivity contribution in [2.45, 2.75) is 0 Å². The Morgan fingerprint density at radius 3 is 1.00 bits per heavy atom. The van der Waals surface area contributed by atoms with E-state index in [0.29, 0.717) is 0 Å². The summed E-state index contributed by atoms with van der Waals surface area (Å²) in [6.07, 6.45) is 3.74. The zero-order valence-electron chi connectivity index (χ0n) is 28.9. The number of rotatable bonds is 3. The summed E-state index contributed by atoms with van der Waals surface area (Å²) in [5, 5.41) is 11.1. The molecule has 0 fully saturated rings. The summed E-state index contributed by atoms with van der Waals surface area (Å²) in [4.78, 5) is 9.66. The molecule has 0 aliphatic carbocycles. The van der Waals surface area contributed by atoms with Gasteiger partial charge in [0.05, 0.1) is 11.0 Å². The molecule has 4 heterocycles. The molecule has 0 saturated heterocycles. The van der Waals surface area contributed by atoms with Gasteiger partial charge in [0.25, 0.3) is 0 Å². The normalized spacial score (nSPS) is 12.1. The minimum absolute atomic E-state index is 0.836. The molecule has 4 heteroatoms. The molecule has 0 radical (unpaired) electrons. The van der Waals surface area contributed by atoms with Crippen LogP contribution < -0.4 is 0 Å². The molecule has 0 N–H and O–H groups in total. The molecule has 4 nitrogen and oxygen atoms in total. The number of hydrogen-bond donors (Lipinski definition) is 0. The average molecular weight is 689 g/mol. The predicted octanol–water partition coefficient (Wildman–Crippen LogP) is 13.9. The van der Waals surface area contributed by atoms with Crippen molar-refractivity contribution >= 4 is 87.2 Å². The van der Waals surface area contributed by atoms with E-state index >= 15 is 0 Å². The Morgan fingerprint density at radius 2 is 0.593 bits per heavy atom. The highest BCUT2D eigenvalue weighted by Gasteiger charge is 2.22. The Kier molecular flexibility index (Phi) is 6.02. The van der Waals surface area contributed by atoms with Gasteiger partial charge in [0.2, 0.25) is 0 Å². The fourth-order valence-electron chi connectivity index (χ4n) is 8.77. The molecule has 0 aliphatic heterocycles. The summed E-state index contributed by atoms with van der Waals surface area (Å²) in [5.74, 6) is 0. The van der Waals surface area contributed by atoms with Gasteiger partial charge in [-0.1, -0.05) is 146 Å². The number of hydrogen-bond acceptors (Lipinski definition) is 4. The molecule has 0 aliphatic rings. The quantitative estimate of drug-likeness (QED) is 0.173. The van der Waals surface area contributed by atoms with Crippen LogP contribution in [0.15, 0.2) is 179 Å². The SMILES string of the molecule is c1cnc2c(c1)ccc1cccc(-c3cccc4c3oc3c(-c5cccc6c5oc5c(-c7cccc8ccc9cccnc9c78)cccc56)cccc34)c12. The zero-order chi connectivity index (χ0) is 35.3. The van der Waals surface area contributed by atoms with Crippen LogP contribution >= 0.6 is 0 Å². The lowest BCUT2D eigenvalue weighted by molar-refractivity contribution is 0.666. The highest BCUT2D eigenvalue weighted by atomic mass is 16.3. The minimum Gasteiger partial charge on any atom is -0.455 e. The highest BCUT2D eigenvalue weighted by molar-refractivity contribution is 6.21. The van der Waals surface area contributed by atoms with E-state index in [2.05, 4.69) is 146 Å². The van der Waals surface area contributed by atoms with Crippen LogP contribution in [0.4, 0.5) is 0 Å². The fourth-order valence-corrected chi connectivity index (χ4v) is 8.77. The lowest BCUT2D eigenvalue weighted by Crippen LogP contribution is -1.86. The van der Waals surface area contributed by atoms with E-state index in [1.54, 1.807) is 0 Å². The molecule has 0 spiro atoms. The Labute approximate surface area is 308 Å². The first-order valence-electron chi connectivity index (χ1n) is 18.2. The number of fused-ring (bicyclic) bond motifs is 12. The van der Waals surface area contributed by atoms with Crippen LogP contribution in [0.5, 0.6) is 0 Å². The van der Waals surface area contributed by atoms with Crippen molar-refractivity contribution in [3.05, 3.63) is 170 Å². The molecule has 12 rings (SSSR count). The molecular weight excluding hydrogens is 661 g/mol. The minimum atomic E-state index is 0.836. The van der Waals surface area contributed by atoms with Gasteiger partial charge in [-0.25, -0.2) is 0 Å². The third-order valence-electron chi connectivity index (χ3n) is 11.1. The van der Waals surface area contributed by atoms with Gasteiger partial charge in [0.1, 0.15) is 22.3 Å². The van der Waals surface area contributed by atoms with E-state index in [1.807, 2.05) is 24.5 Å². The smallest absolute Gasteiger partial charge is 0.143 e. The number of aromatic nitrogens is 2. The summed E-state index contributed by atoms with van der Waals surface area (Å²) in [7, 11) is 0. The Balaban J connectivity index is 1.10. The van der Waals surface area contributed by atoms with Gasteiger partial charge in [0, 0.05) is 77.7 Å². The van der Waals surface area contributed by atoms with Crippen LogP contribution in [0.2, 0.25) is 0 Å². The fraction of sp³-hybridized carbons (Fsp3) is 0. The van der Waals surface area contributed by atoms with E-state index in [0.717, 1.165) is 121 Å². The third-order valence-corrected chi connectivity index (χ3v) is 11.1. The van der Waals surface area contributed by atoms with Crippen molar-refractivity contribution in [2.75, 3.05) is 0 Å². The van der Waals surface area contributed by atoms with Crippen LogP contribution in [0.1, 0.15) is 0 Å². The number of benzene rings is 8. The monoisotopic (exact) mass is 688 g/mol. The second kappa shape index (κ2) is 11.1. The van der Waals surface area contributed by atoms with Crippen molar-refractivity contribution in [3.63, 3.8) is 0 Å². The van der Waals surface area contributed by atoms with Gasteiger partial charge >= 0.3 is 0 Å². The topological polar surface area (TPSA) is 52.1 Å². The van der Waals surface area contributed by atoms with Crippen molar-refractivity contribution in [3.8, 4) is 33.4 Å². The number of nitrogens with zero attached hydrogens (tertiary/aromatic N) is 2. The third kappa shape index (κ3) is 4.08. The van der Waals surface area contributed by atoms with Gasteiger partial charge < -0.3 is 8.83 Å². The van der Waals surface area contributed by atoms with Crippen LogP contribution in [0.25, 0.3) is 121 Å². The van der Waals surface area contributed by atoms with E-state index < -0.39 is 0 Å². The lowest BCUT2D eigenvalue weighted by Gasteiger charge is -2.10. The maximum Gasteiger partial charge on any atom is 0.143 e. The summed E-state index contributed by atoms with van der Waals surface area (Å²) in [6, 6.07) is 55.5. The second-order valence-corrected chi connectivity index (χ2v) is 14.0. The summed E-state index contributed by atoms with van der Waals surface area (Å²) >= 11 is 0. The molecule has 8 aromatic carbocycles. The Morgan fingerprint density at radius 1 is 0.278 bits per heavy atom. The first kappa shape index (κ1) is 29.3. The number of furan rings is 2. The van der Waals surface area contributed by atoms with E-state index in [4.69, 9.17) is 18.8 Å². The largest absolute Gasteiger partial charge is 0.455 e. The van der Waals surface area contributed by atoms with Crippen molar-refractivity contribution in [1.82, 2.24) is 9.97 Å². The molecule has 250 valence electrons. The average Bonchev–Trinajstić information content (AvgIpc) is 3.82. The lowest BCUT2D eigenvalue weighted by atomic mass is 9.94. The summed E-state index contributed by atoms with van der Waals surface area (Å²) in [5.41, 5.74) is 11.6. The van der Waals surface area contributed by atoms with Gasteiger partial charge in [-0.3, -0.25) is 9.97 Å². The van der Waals surface area contributed by atoms with Gasteiger partial charge in [-0.05, 0) is 34.0 Å². The highest BCUT2D eigenvalue weighted by Crippen LogP contribution is 2.46. The van der Waals surface area contributed by atoms with Crippen LogP contribution in [-0.4, -0.2) is 9.97 Å². The maximum atomic E-state index is 7.02. The second-order valence-electron chi connectivity index (χ2n) is 14.0. The molecule has 0 amide bonds. The van der Waals surface area contributed by atoms with Crippen LogP contribution in [0, 0.1) is 0 Å². The van der Waals surface area contributed by atoms with Crippen molar-refractivity contribution < 1.29 is 8.83 Å². The first-order chi connectivity index (χ1) is 26.8. The molecule has 0 unspecified atom stereocenters. The first-order valence-corrected chi connectivity index (χ1v) is 18.2. The number of pyridine rings is 2. The molecule has 0 saturated carbocycles. The Hall–Kier alpha value is -7.30. The summed E-state index contributed by atoms with van der Waals surface area (Å²) in [6.45, 7) is 0. The molecule has 0 atom stereocenters. The van der Waals surface area contributed by atoms with Crippen LogP contribution in [-0.2, 0) is 0 Å². The molecule has 4 aromatic heterocycles. The zero-order valence-corrected chi connectivity index (χ0v) is 28.9. The standard InChI is InChI=1S/C50H28N2O2/c1-9-29-23-25-31-11-7-27-51-45(31)43(29)33(13-1)35-15-3-17-37-39-19-5-21-41(49(39)53-47(35)37)42-22-6-20-40-38-18-4-16-36(48(38)54-50(40)42)34-14-2-10-30-24-26-32-12-8-28-52-46(32)44(30)34/h1-28H. The predicted molar refractivity (Wildman–Crippen MR) is 223 cm³/mol. The Bertz CT molecular complexity index is 3280. The van der Waals surface area contributed by atoms with Crippen molar-refractivity contribution in [2.24, 2.45) is 0 Å².